The van der Waals surface area contributed by atoms with Crippen LogP contribution in [0.3, 0.4) is 0 Å². The second kappa shape index (κ2) is 5.61. The van der Waals surface area contributed by atoms with Crippen LogP contribution in [0.1, 0.15) is 54.4 Å². The first kappa shape index (κ1) is 12.0. The van der Waals surface area contributed by atoms with Gasteiger partial charge in [-0.25, -0.2) is 0 Å². The lowest BCUT2D eigenvalue weighted by atomic mass is 9.82. The van der Waals surface area contributed by atoms with Crippen LogP contribution in [0, 0.1) is 23.7 Å². The van der Waals surface area contributed by atoms with Crippen LogP contribution < -0.4 is 0 Å². The van der Waals surface area contributed by atoms with Crippen molar-refractivity contribution >= 4 is 0 Å². The topological polar surface area (TPSA) is 0 Å². The normalized spacial score (nSPS) is 17.0. The lowest BCUT2D eigenvalue weighted by Crippen LogP contribution is -2.14. The molecule has 0 aliphatic rings. The third kappa shape index (κ3) is 4.79. The summed E-state index contributed by atoms with van der Waals surface area (Å²) in [6, 6.07) is 0. The van der Waals surface area contributed by atoms with Gasteiger partial charge in [0.05, 0.1) is 0 Å². The monoisotopic (exact) mass is 170 g/mol. The number of rotatable bonds is 5. The van der Waals surface area contributed by atoms with E-state index in [0.29, 0.717) is 0 Å². The molecule has 0 rings (SSSR count). The van der Waals surface area contributed by atoms with Crippen LogP contribution in [0.25, 0.3) is 0 Å². The van der Waals surface area contributed by atoms with Crippen molar-refractivity contribution < 1.29 is 0 Å². The van der Waals surface area contributed by atoms with Gasteiger partial charge in [0, 0.05) is 0 Å². The fourth-order valence-corrected chi connectivity index (χ4v) is 1.52. The van der Waals surface area contributed by atoms with Gasteiger partial charge in [0.15, 0.2) is 0 Å². The maximum atomic E-state index is 2.40. The van der Waals surface area contributed by atoms with Gasteiger partial charge < -0.3 is 0 Å². The molecule has 0 N–H and O–H groups in total. The van der Waals surface area contributed by atoms with Crippen molar-refractivity contribution in [2.75, 3.05) is 0 Å². The fraction of sp³-hybridized carbons (Fsp3) is 1.00. The fourth-order valence-electron chi connectivity index (χ4n) is 1.52. The van der Waals surface area contributed by atoms with E-state index in [0.717, 1.165) is 23.7 Å². The Bertz CT molecular complexity index is 103. The predicted molar refractivity (Wildman–Crippen MR) is 57.2 cm³/mol. The summed E-state index contributed by atoms with van der Waals surface area (Å²) in [4.78, 5) is 0. The molecule has 0 amide bonds. The third-order valence-electron chi connectivity index (χ3n) is 3.15. The lowest BCUT2D eigenvalue weighted by Gasteiger charge is -2.23. The zero-order chi connectivity index (χ0) is 9.72. The highest BCUT2D eigenvalue weighted by molar-refractivity contribution is 4.65. The molecule has 0 heteroatoms. The van der Waals surface area contributed by atoms with Gasteiger partial charge in [-0.2, -0.15) is 0 Å². The molecule has 0 unspecified atom stereocenters. The first-order valence-electron chi connectivity index (χ1n) is 5.45. The minimum absolute atomic E-state index is 0.840. The van der Waals surface area contributed by atoms with Gasteiger partial charge in [-0.3, -0.25) is 0 Å². The molecule has 0 heterocycles. The van der Waals surface area contributed by atoms with Crippen molar-refractivity contribution in [1.82, 2.24) is 0 Å². The standard InChI is InChI=1S/C12H26/c1-9(2)7-8-11(5)12(6)10(3)4/h9-12H,7-8H2,1-6H3/t11-,12+/m0/s1. The molecule has 2 atom stereocenters. The van der Waals surface area contributed by atoms with Gasteiger partial charge >= 0.3 is 0 Å². The van der Waals surface area contributed by atoms with E-state index in [1.165, 1.54) is 12.8 Å². The van der Waals surface area contributed by atoms with Crippen molar-refractivity contribution in [2.24, 2.45) is 23.7 Å². The van der Waals surface area contributed by atoms with Gasteiger partial charge in [-0.15, -0.1) is 0 Å². The second-order valence-electron chi connectivity index (χ2n) is 5.05. The zero-order valence-electron chi connectivity index (χ0n) is 9.72. The lowest BCUT2D eigenvalue weighted by molar-refractivity contribution is 0.268. The van der Waals surface area contributed by atoms with Gasteiger partial charge in [-0.1, -0.05) is 54.4 Å². The highest BCUT2D eigenvalue weighted by Crippen LogP contribution is 2.25. The Labute approximate surface area is 78.8 Å². The van der Waals surface area contributed by atoms with Gasteiger partial charge in [-0.05, 0) is 23.7 Å². The summed E-state index contributed by atoms with van der Waals surface area (Å²) in [6.45, 7) is 14.1. The first-order chi connectivity index (χ1) is 5.45. The van der Waals surface area contributed by atoms with Crippen LogP contribution in [-0.4, -0.2) is 0 Å². The van der Waals surface area contributed by atoms with E-state index in [-0.39, 0.29) is 0 Å². The minimum Gasteiger partial charge on any atom is -0.0628 e. The Hall–Kier alpha value is 0. The van der Waals surface area contributed by atoms with E-state index in [1.54, 1.807) is 0 Å². The van der Waals surface area contributed by atoms with Gasteiger partial charge in [0.1, 0.15) is 0 Å². The molecule has 0 fully saturated rings. The molecule has 0 aromatic rings. The summed E-state index contributed by atoms with van der Waals surface area (Å²) in [7, 11) is 0. The van der Waals surface area contributed by atoms with Gasteiger partial charge in [0.25, 0.3) is 0 Å². The van der Waals surface area contributed by atoms with Crippen LogP contribution in [0.2, 0.25) is 0 Å². The molecule has 0 radical (unpaired) electrons. The first-order valence-corrected chi connectivity index (χ1v) is 5.45. The molecule has 0 aromatic carbocycles. The van der Waals surface area contributed by atoms with E-state index < -0.39 is 0 Å². The van der Waals surface area contributed by atoms with E-state index in [4.69, 9.17) is 0 Å². The van der Waals surface area contributed by atoms with Crippen LogP contribution in [0.5, 0.6) is 0 Å². The van der Waals surface area contributed by atoms with Gasteiger partial charge in [0.2, 0.25) is 0 Å². The van der Waals surface area contributed by atoms with Crippen molar-refractivity contribution in [3.63, 3.8) is 0 Å². The summed E-state index contributed by atoms with van der Waals surface area (Å²) in [5, 5.41) is 0. The van der Waals surface area contributed by atoms with Crippen LogP contribution in [-0.2, 0) is 0 Å². The second-order valence-corrected chi connectivity index (χ2v) is 5.05. The number of hydrogen-bond donors (Lipinski definition) is 0. The van der Waals surface area contributed by atoms with E-state index >= 15 is 0 Å². The highest BCUT2D eigenvalue weighted by Gasteiger charge is 2.15. The van der Waals surface area contributed by atoms with E-state index in [1.807, 2.05) is 0 Å². The maximum Gasteiger partial charge on any atom is -0.0394 e. The zero-order valence-corrected chi connectivity index (χ0v) is 9.72. The molecule has 0 aromatic heterocycles. The molecule has 0 nitrogen and oxygen atoms in total. The van der Waals surface area contributed by atoms with Crippen molar-refractivity contribution in [3.8, 4) is 0 Å². The van der Waals surface area contributed by atoms with Crippen LogP contribution in [0.15, 0.2) is 0 Å². The van der Waals surface area contributed by atoms with E-state index in [2.05, 4.69) is 41.5 Å². The molecule has 0 saturated heterocycles. The van der Waals surface area contributed by atoms with E-state index in [9.17, 15) is 0 Å². The molecule has 0 aliphatic carbocycles. The Morgan fingerprint density at radius 2 is 1.25 bits per heavy atom. The summed E-state index contributed by atoms with van der Waals surface area (Å²) < 4.78 is 0. The molecule has 0 aliphatic heterocycles. The van der Waals surface area contributed by atoms with Crippen LogP contribution in [0.4, 0.5) is 0 Å². The summed E-state index contributed by atoms with van der Waals surface area (Å²) in [5.74, 6) is 3.48. The molecular weight excluding hydrogens is 144 g/mol. The van der Waals surface area contributed by atoms with Crippen molar-refractivity contribution in [2.45, 2.75) is 54.4 Å². The Morgan fingerprint density at radius 3 is 1.58 bits per heavy atom. The number of hydrogen-bond acceptors (Lipinski definition) is 0. The molecule has 74 valence electrons. The van der Waals surface area contributed by atoms with Crippen LogP contribution >= 0.6 is 0 Å². The summed E-state index contributed by atoms with van der Waals surface area (Å²) in [5.41, 5.74) is 0. The quantitative estimate of drug-likeness (QED) is 0.575. The molecule has 0 saturated carbocycles. The average molecular weight is 170 g/mol. The Kier molecular flexibility index (Phi) is 5.61. The predicted octanol–water partition coefficient (Wildman–Crippen LogP) is 4.35. The molecular formula is C12H26. The summed E-state index contributed by atoms with van der Waals surface area (Å²) in [6.07, 6.45) is 2.79. The molecule has 12 heavy (non-hydrogen) atoms. The van der Waals surface area contributed by atoms with Crippen molar-refractivity contribution in [3.05, 3.63) is 0 Å². The highest BCUT2D eigenvalue weighted by atomic mass is 14.2. The van der Waals surface area contributed by atoms with Crippen molar-refractivity contribution in [1.29, 1.82) is 0 Å². The Balaban J connectivity index is 3.64. The average Bonchev–Trinajstić information content (AvgIpc) is 1.98. The maximum absolute atomic E-state index is 2.40. The SMILES string of the molecule is CC(C)CC[C@H](C)[C@H](C)C(C)C. The molecule has 0 bridgehead atoms. The molecule has 0 spiro atoms. The Morgan fingerprint density at radius 1 is 0.750 bits per heavy atom. The third-order valence-corrected chi connectivity index (χ3v) is 3.15. The largest absolute Gasteiger partial charge is 0.0628 e. The minimum atomic E-state index is 0.840. The summed E-state index contributed by atoms with van der Waals surface area (Å²) >= 11 is 0. The smallest absolute Gasteiger partial charge is 0.0394 e.